The molecule has 0 aliphatic heterocycles. The largest absolute Gasteiger partial charge is 0.352 e. The van der Waals surface area contributed by atoms with Crippen LogP contribution in [0.1, 0.15) is 23.1 Å². The van der Waals surface area contributed by atoms with Gasteiger partial charge < -0.3 is 10.6 Å². The lowest BCUT2D eigenvalue weighted by atomic mass is 10.1. The molecule has 0 aliphatic carbocycles. The minimum Gasteiger partial charge on any atom is -0.352 e. The predicted octanol–water partition coefficient (Wildman–Crippen LogP) is 2.66. The Morgan fingerprint density at radius 2 is 1.48 bits per heavy atom. The predicted molar refractivity (Wildman–Crippen MR) is 85.8 cm³/mol. The fourth-order valence-corrected chi connectivity index (χ4v) is 2.17. The number of rotatable bonds is 7. The Bertz CT molecular complexity index is 549. The molecule has 0 saturated carbocycles. The molecule has 0 spiro atoms. The zero-order chi connectivity index (χ0) is 14.9. The third-order valence-electron chi connectivity index (χ3n) is 3.38. The molecule has 2 rings (SSSR count). The third-order valence-corrected chi connectivity index (χ3v) is 3.38. The van der Waals surface area contributed by atoms with E-state index in [-0.39, 0.29) is 5.91 Å². The van der Waals surface area contributed by atoms with E-state index in [1.54, 1.807) is 0 Å². The molecular weight excluding hydrogens is 260 g/mol. The van der Waals surface area contributed by atoms with Gasteiger partial charge in [0.1, 0.15) is 0 Å². The minimum absolute atomic E-state index is 0.0955. The molecule has 0 bridgehead atoms. The van der Waals surface area contributed by atoms with Crippen LogP contribution >= 0.6 is 0 Å². The molecule has 0 saturated heterocycles. The average Bonchev–Trinajstić information content (AvgIpc) is 2.53. The van der Waals surface area contributed by atoms with E-state index < -0.39 is 0 Å². The summed E-state index contributed by atoms with van der Waals surface area (Å²) in [7, 11) is 1.93. The van der Waals surface area contributed by atoms with Gasteiger partial charge in [-0.3, -0.25) is 4.79 Å². The van der Waals surface area contributed by atoms with E-state index >= 15 is 0 Å². The van der Waals surface area contributed by atoms with Crippen LogP contribution in [0.4, 0.5) is 0 Å². The highest BCUT2D eigenvalue weighted by atomic mass is 16.1. The lowest BCUT2D eigenvalue weighted by Gasteiger charge is -2.07. The van der Waals surface area contributed by atoms with Crippen LogP contribution in [0.2, 0.25) is 0 Å². The van der Waals surface area contributed by atoms with Crippen molar-refractivity contribution >= 4 is 5.91 Å². The zero-order valence-corrected chi connectivity index (χ0v) is 12.4. The van der Waals surface area contributed by atoms with Crippen molar-refractivity contribution in [3.63, 3.8) is 0 Å². The molecule has 3 nitrogen and oxygen atoms in total. The first-order valence-electron chi connectivity index (χ1n) is 7.31. The van der Waals surface area contributed by atoms with Crippen LogP contribution in [0, 0.1) is 0 Å². The highest BCUT2D eigenvalue weighted by Gasteiger charge is 2.02. The highest BCUT2D eigenvalue weighted by Crippen LogP contribution is 2.05. The Kier molecular flexibility index (Phi) is 5.98. The Morgan fingerprint density at radius 1 is 0.857 bits per heavy atom. The maximum atomic E-state index is 11.8. The number of carbonyl (C=O) groups excluding carboxylic acids is 1. The molecular formula is C18H22N2O. The van der Waals surface area contributed by atoms with Gasteiger partial charge in [-0.2, -0.15) is 0 Å². The van der Waals surface area contributed by atoms with Crippen LogP contribution < -0.4 is 10.6 Å². The minimum atomic E-state index is 0.0955. The van der Waals surface area contributed by atoms with Gasteiger partial charge in [-0.05, 0) is 30.2 Å². The van der Waals surface area contributed by atoms with Gasteiger partial charge in [0.15, 0.2) is 0 Å². The fourth-order valence-electron chi connectivity index (χ4n) is 2.17. The summed E-state index contributed by atoms with van der Waals surface area (Å²) in [6.07, 6.45) is 1.32. The standard InChI is InChI=1S/C18H22N2O/c1-19-13-16-7-9-17(10-8-16)14-20-18(21)12-11-15-5-3-2-4-6-15/h2-10,19H,11-14H2,1H3,(H,20,21). The second kappa shape index (κ2) is 8.22. The summed E-state index contributed by atoms with van der Waals surface area (Å²) >= 11 is 0. The number of hydrogen-bond acceptors (Lipinski definition) is 2. The second-order valence-electron chi connectivity index (χ2n) is 5.11. The van der Waals surface area contributed by atoms with E-state index in [1.807, 2.05) is 37.4 Å². The molecule has 0 aromatic heterocycles. The van der Waals surface area contributed by atoms with E-state index in [9.17, 15) is 4.79 Å². The topological polar surface area (TPSA) is 41.1 Å². The Morgan fingerprint density at radius 3 is 2.10 bits per heavy atom. The lowest BCUT2D eigenvalue weighted by molar-refractivity contribution is -0.121. The van der Waals surface area contributed by atoms with Gasteiger partial charge >= 0.3 is 0 Å². The van der Waals surface area contributed by atoms with Crippen molar-refractivity contribution in [3.8, 4) is 0 Å². The van der Waals surface area contributed by atoms with Crippen molar-refractivity contribution < 1.29 is 4.79 Å². The molecule has 21 heavy (non-hydrogen) atoms. The van der Waals surface area contributed by atoms with Crippen molar-refractivity contribution in [2.75, 3.05) is 7.05 Å². The first-order chi connectivity index (χ1) is 10.3. The van der Waals surface area contributed by atoms with Crippen LogP contribution in [-0.2, 0) is 24.3 Å². The molecule has 0 radical (unpaired) electrons. The van der Waals surface area contributed by atoms with Crippen LogP contribution in [0.25, 0.3) is 0 Å². The van der Waals surface area contributed by atoms with Crippen molar-refractivity contribution in [1.82, 2.24) is 10.6 Å². The highest BCUT2D eigenvalue weighted by molar-refractivity contribution is 5.76. The van der Waals surface area contributed by atoms with E-state index in [1.165, 1.54) is 11.1 Å². The van der Waals surface area contributed by atoms with Crippen molar-refractivity contribution in [2.24, 2.45) is 0 Å². The quantitative estimate of drug-likeness (QED) is 0.819. The van der Waals surface area contributed by atoms with E-state index in [0.717, 1.165) is 18.5 Å². The molecule has 2 aromatic carbocycles. The van der Waals surface area contributed by atoms with E-state index in [4.69, 9.17) is 0 Å². The summed E-state index contributed by atoms with van der Waals surface area (Å²) in [5.41, 5.74) is 3.57. The molecule has 0 atom stereocenters. The molecule has 3 heteroatoms. The van der Waals surface area contributed by atoms with Gasteiger partial charge in [0.25, 0.3) is 0 Å². The Balaban J connectivity index is 1.73. The molecule has 0 unspecified atom stereocenters. The number of benzene rings is 2. The zero-order valence-electron chi connectivity index (χ0n) is 12.4. The molecule has 0 fully saturated rings. The summed E-state index contributed by atoms with van der Waals surface area (Å²) in [5.74, 6) is 0.0955. The van der Waals surface area contributed by atoms with Crippen LogP contribution in [0.3, 0.4) is 0 Å². The number of nitrogens with one attached hydrogen (secondary N) is 2. The van der Waals surface area contributed by atoms with Gasteiger partial charge in [0, 0.05) is 19.5 Å². The van der Waals surface area contributed by atoms with Crippen molar-refractivity contribution in [3.05, 3.63) is 71.3 Å². The van der Waals surface area contributed by atoms with Crippen LogP contribution in [0.15, 0.2) is 54.6 Å². The Hall–Kier alpha value is -2.13. The molecule has 0 heterocycles. The number of hydrogen-bond donors (Lipinski definition) is 2. The lowest BCUT2D eigenvalue weighted by Crippen LogP contribution is -2.23. The summed E-state index contributed by atoms with van der Waals surface area (Å²) in [5, 5.41) is 6.08. The first-order valence-corrected chi connectivity index (χ1v) is 7.31. The normalized spacial score (nSPS) is 10.3. The van der Waals surface area contributed by atoms with Crippen LogP contribution in [0.5, 0.6) is 0 Å². The van der Waals surface area contributed by atoms with Crippen molar-refractivity contribution in [2.45, 2.75) is 25.9 Å². The second-order valence-corrected chi connectivity index (χ2v) is 5.11. The monoisotopic (exact) mass is 282 g/mol. The summed E-state index contributed by atoms with van der Waals surface area (Å²) < 4.78 is 0. The van der Waals surface area contributed by atoms with Crippen LogP contribution in [-0.4, -0.2) is 13.0 Å². The van der Waals surface area contributed by atoms with Crippen molar-refractivity contribution in [1.29, 1.82) is 0 Å². The van der Waals surface area contributed by atoms with Gasteiger partial charge in [0.2, 0.25) is 5.91 Å². The van der Waals surface area contributed by atoms with Gasteiger partial charge in [-0.25, -0.2) is 0 Å². The molecule has 2 N–H and O–H groups in total. The van der Waals surface area contributed by atoms with E-state index in [0.29, 0.717) is 13.0 Å². The average molecular weight is 282 g/mol. The van der Waals surface area contributed by atoms with Gasteiger partial charge in [0.05, 0.1) is 0 Å². The fraction of sp³-hybridized carbons (Fsp3) is 0.278. The summed E-state index contributed by atoms with van der Waals surface area (Å²) in [4.78, 5) is 11.8. The van der Waals surface area contributed by atoms with Gasteiger partial charge in [-0.1, -0.05) is 54.6 Å². The molecule has 2 aromatic rings. The number of aryl methyl sites for hydroxylation is 1. The number of carbonyl (C=O) groups is 1. The first kappa shape index (κ1) is 15.3. The van der Waals surface area contributed by atoms with Gasteiger partial charge in [-0.15, -0.1) is 0 Å². The summed E-state index contributed by atoms with van der Waals surface area (Å²) in [6, 6.07) is 18.4. The summed E-state index contributed by atoms with van der Waals surface area (Å²) in [6.45, 7) is 1.46. The smallest absolute Gasteiger partial charge is 0.220 e. The van der Waals surface area contributed by atoms with E-state index in [2.05, 4.69) is 34.9 Å². The number of amides is 1. The Labute approximate surface area is 126 Å². The maximum Gasteiger partial charge on any atom is 0.220 e. The third kappa shape index (κ3) is 5.40. The molecule has 0 aliphatic rings. The maximum absolute atomic E-state index is 11.8. The SMILES string of the molecule is CNCc1ccc(CNC(=O)CCc2ccccc2)cc1. The molecule has 110 valence electrons. The molecule has 1 amide bonds.